The van der Waals surface area contributed by atoms with Crippen LogP contribution in [0.15, 0.2) is 30.3 Å². The Balaban J connectivity index is 1.63. The van der Waals surface area contributed by atoms with Gasteiger partial charge in [-0.05, 0) is 45.8 Å². The van der Waals surface area contributed by atoms with Crippen LogP contribution in [-0.2, 0) is 0 Å². The molecular weight excluding hydrogens is 338 g/mol. The van der Waals surface area contributed by atoms with Gasteiger partial charge in [-0.1, -0.05) is 18.2 Å². The Morgan fingerprint density at radius 3 is 2.78 bits per heavy atom. The minimum Gasteiger partial charge on any atom is -0.369 e. The summed E-state index contributed by atoms with van der Waals surface area (Å²) in [5, 5.41) is 4.32. The number of aromatic nitrogens is 3. The standard InChI is InChI=1S/C21H25N5O/c1-14-13-18(22-9-12-26-10-5-6-11-26)25-21(23-14)20-19(15(2)27)16-7-3-4-8-17(16)24-20/h3-4,7-8,13,24H,5-6,9-12H2,1-2H3,(H,22,23,25). The molecule has 6 heteroatoms. The van der Waals surface area contributed by atoms with E-state index in [-0.39, 0.29) is 5.78 Å². The Labute approximate surface area is 159 Å². The number of nitrogens with one attached hydrogen (secondary N) is 2. The van der Waals surface area contributed by atoms with Crippen LogP contribution in [0.25, 0.3) is 22.4 Å². The summed E-state index contributed by atoms with van der Waals surface area (Å²) < 4.78 is 0. The number of ketones is 1. The Bertz CT molecular complexity index is 972. The maximum Gasteiger partial charge on any atom is 0.179 e. The van der Waals surface area contributed by atoms with Crippen LogP contribution in [0.4, 0.5) is 5.82 Å². The number of anilines is 1. The maximum absolute atomic E-state index is 12.3. The van der Waals surface area contributed by atoms with E-state index in [1.165, 1.54) is 25.9 Å². The number of Topliss-reactive ketones (excluding diaryl/α,β-unsaturated/α-hetero) is 1. The van der Waals surface area contributed by atoms with Crippen LogP contribution in [0.2, 0.25) is 0 Å². The van der Waals surface area contributed by atoms with Gasteiger partial charge in [-0.2, -0.15) is 0 Å². The highest BCUT2D eigenvalue weighted by Crippen LogP contribution is 2.29. The smallest absolute Gasteiger partial charge is 0.179 e. The van der Waals surface area contributed by atoms with Crippen LogP contribution in [0.1, 0.15) is 35.8 Å². The van der Waals surface area contributed by atoms with Gasteiger partial charge in [0.25, 0.3) is 0 Å². The molecule has 3 heterocycles. The number of aromatic amines is 1. The molecule has 0 amide bonds. The fourth-order valence-electron chi connectivity index (χ4n) is 3.79. The van der Waals surface area contributed by atoms with Crippen LogP contribution >= 0.6 is 0 Å². The van der Waals surface area contributed by atoms with Gasteiger partial charge < -0.3 is 15.2 Å². The number of rotatable bonds is 6. The highest BCUT2D eigenvalue weighted by atomic mass is 16.1. The lowest BCUT2D eigenvalue weighted by molar-refractivity contribution is 0.102. The van der Waals surface area contributed by atoms with Gasteiger partial charge in [0.15, 0.2) is 11.6 Å². The molecule has 1 fully saturated rings. The van der Waals surface area contributed by atoms with Gasteiger partial charge in [-0.3, -0.25) is 4.79 Å². The van der Waals surface area contributed by atoms with Crippen LogP contribution in [0, 0.1) is 6.92 Å². The summed E-state index contributed by atoms with van der Waals surface area (Å²) >= 11 is 0. The molecule has 27 heavy (non-hydrogen) atoms. The number of nitrogens with zero attached hydrogens (tertiary/aromatic N) is 3. The van der Waals surface area contributed by atoms with E-state index in [4.69, 9.17) is 0 Å². The van der Waals surface area contributed by atoms with E-state index in [0.29, 0.717) is 17.1 Å². The van der Waals surface area contributed by atoms with E-state index in [2.05, 4.69) is 25.2 Å². The molecule has 0 saturated carbocycles. The fraction of sp³-hybridized carbons (Fsp3) is 0.381. The lowest BCUT2D eigenvalue weighted by Gasteiger charge is -2.15. The van der Waals surface area contributed by atoms with Gasteiger partial charge in [0, 0.05) is 35.8 Å². The topological polar surface area (TPSA) is 73.9 Å². The van der Waals surface area contributed by atoms with Gasteiger partial charge in [0.2, 0.25) is 0 Å². The largest absolute Gasteiger partial charge is 0.369 e. The van der Waals surface area contributed by atoms with Gasteiger partial charge in [-0.25, -0.2) is 9.97 Å². The first kappa shape index (κ1) is 17.7. The van der Waals surface area contributed by atoms with Gasteiger partial charge >= 0.3 is 0 Å². The van der Waals surface area contributed by atoms with Crippen molar-refractivity contribution in [2.75, 3.05) is 31.5 Å². The Hall–Kier alpha value is -2.73. The lowest BCUT2D eigenvalue weighted by Crippen LogP contribution is -2.26. The molecular formula is C21H25N5O. The predicted octanol–water partition coefficient (Wildman–Crippen LogP) is 3.64. The second-order valence-corrected chi connectivity index (χ2v) is 7.17. The van der Waals surface area contributed by atoms with Crippen molar-refractivity contribution in [3.8, 4) is 11.5 Å². The van der Waals surface area contributed by atoms with Crippen LogP contribution in [0.3, 0.4) is 0 Å². The zero-order valence-electron chi connectivity index (χ0n) is 15.9. The Kier molecular flexibility index (Phi) is 4.90. The van der Waals surface area contributed by atoms with E-state index in [1.807, 2.05) is 37.3 Å². The van der Waals surface area contributed by atoms with Gasteiger partial charge in [0.1, 0.15) is 5.82 Å². The molecule has 6 nitrogen and oxygen atoms in total. The number of H-pyrrole nitrogens is 1. The summed E-state index contributed by atoms with van der Waals surface area (Å²) in [5.74, 6) is 1.36. The van der Waals surface area contributed by atoms with E-state index >= 15 is 0 Å². The van der Waals surface area contributed by atoms with Crippen molar-refractivity contribution in [2.45, 2.75) is 26.7 Å². The molecule has 1 aromatic carbocycles. The maximum atomic E-state index is 12.3. The van der Waals surface area contributed by atoms with Crippen molar-refractivity contribution >= 4 is 22.5 Å². The summed E-state index contributed by atoms with van der Waals surface area (Å²) in [5.41, 5.74) is 3.14. The summed E-state index contributed by atoms with van der Waals surface area (Å²) in [7, 11) is 0. The van der Waals surface area contributed by atoms with Crippen molar-refractivity contribution in [3.05, 3.63) is 41.6 Å². The molecule has 2 N–H and O–H groups in total. The third-order valence-corrected chi connectivity index (χ3v) is 5.07. The molecule has 1 aliphatic rings. The molecule has 0 bridgehead atoms. The average molecular weight is 363 g/mol. The van der Waals surface area contributed by atoms with E-state index in [9.17, 15) is 4.79 Å². The van der Waals surface area contributed by atoms with Crippen LogP contribution < -0.4 is 5.32 Å². The first-order valence-electron chi connectivity index (χ1n) is 9.56. The Morgan fingerprint density at radius 2 is 2.00 bits per heavy atom. The normalized spacial score (nSPS) is 14.7. The summed E-state index contributed by atoms with van der Waals surface area (Å²) in [6, 6.07) is 9.76. The molecule has 140 valence electrons. The van der Waals surface area contributed by atoms with Crippen molar-refractivity contribution in [1.82, 2.24) is 19.9 Å². The first-order valence-corrected chi connectivity index (χ1v) is 9.56. The van der Waals surface area contributed by atoms with E-state index < -0.39 is 0 Å². The summed E-state index contributed by atoms with van der Waals surface area (Å²) in [6.07, 6.45) is 2.59. The van der Waals surface area contributed by atoms with Crippen LogP contribution in [-0.4, -0.2) is 51.8 Å². The molecule has 0 radical (unpaired) electrons. The summed E-state index contributed by atoms with van der Waals surface area (Å²) in [6.45, 7) is 7.78. The number of benzene rings is 1. The highest BCUT2D eigenvalue weighted by Gasteiger charge is 2.19. The minimum absolute atomic E-state index is 0.0103. The van der Waals surface area contributed by atoms with Crippen molar-refractivity contribution in [2.24, 2.45) is 0 Å². The van der Waals surface area contributed by atoms with Crippen molar-refractivity contribution in [3.63, 3.8) is 0 Å². The number of carbonyl (C=O) groups is 1. The van der Waals surface area contributed by atoms with Gasteiger partial charge in [0.05, 0.1) is 11.3 Å². The number of likely N-dealkylation sites (tertiary alicyclic amines) is 1. The Morgan fingerprint density at radius 1 is 1.22 bits per heavy atom. The zero-order valence-corrected chi connectivity index (χ0v) is 15.9. The van der Waals surface area contributed by atoms with E-state index in [1.54, 1.807) is 6.92 Å². The third kappa shape index (κ3) is 3.71. The van der Waals surface area contributed by atoms with Crippen molar-refractivity contribution in [1.29, 1.82) is 0 Å². The molecule has 1 saturated heterocycles. The SMILES string of the molecule is CC(=O)c1c(-c2nc(C)cc(NCCN3CCCC3)n2)[nH]c2ccccc12. The quantitative estimate of drug-likeness (QED) is 0.654. The monoisotopic (exact) mass is 363 g/mol. The summed E-state index contributed by atoms with van der Waals surface area (Å²) in [4.78, 5) is 27.4. The van der Waals surface area contributed by atoms with Crippen LogP contribution in [0.5, 0.6) is 0 Å². The molecule has 0 unspecified atom stereocenters. The number of hydrogen-bond donors (Lipinski definition) is 2. The van der Waals surface area contributed by atoms with Crippen molar-refractivity contribution < 1.29 is 4.79 Å². The number of aryl methyl sites for hydroxylation is 1. The fourth-order valence-corrected chi connectivity index (χ4v) is 3.79. The molecule has 0 atom stereocenters. The number of hydrogen-bond acceptors (Lipinski definition) is 5. The molecule has 0 aliphatic carbocycles. The number of para-hydroxylation sites is 1. The highest BCUT2D eigenvalue weighted by molar-refractivity contribution is 6.11. The lowest BCUT2D eigenvalue weighted by atomic mass is 10.1. The van der Waals surface area contributed by atoms with E-state index in [0.717, 1.165) is 35.5 Å². The molecule has 3 aromatic rings. The first-order chi connectivity index (χ1) is 13.1. The molecule has 2 aromatic heterocycles. The second-order valence-electron chi connectivity index (χ2n) is 7.17. The van der Waals surface area contributed by atoms with Gasteiger partial charge in [-0.15, -0.1) is 0 Å². The molecule has 0 spiro atoms. The zero-order chi connectivity index (χ0) is 18.8. The number of carbonyl (C=O) groups excluding carboxylic acids is 1. The number of fused-ring (bicyclic) bond motifs is 1. The second kappa shape index (κ2) is 7.48. The average Bonchev–Trinajstić information content (AvgIpc) is 3.28. The minimum atomic E-state index is 0.0103. The predicted molar refractivity (Wildman–Crippen MR) is 108 cm³/mol. The molecule has 1 aliphatic heterocycles. The third-order valence-electron chi connectivity index (χ3n) is 5.07. The molecule has 4 rings (SSSR count).